The number of thiazole rings is 2. The quantitative estimate of drug-likeness (QED) is 0.739. The van der Waals surface area contributed by atoms with Gasteiger partial charge in [-0.1, -0.05) is 29.8 Å². The van der Waals surface area contributed by atoms with Crippen LogP contribution in [-0.2, 0) is 0 Å². The van der Waals surface area contributed by atoms with E-state index >= 15 is 0 Å². The van der Waals surface area contributed by atoms with E-state index in [0.29, 0.717) is 20.7 Å². The monoisotopic (exact) mass is 349 g/mol. The maximum absolute atomic E-state index is 12.4. The molecule has 2 heterocycles. The lowest BCUT2D eigenvalue weighted by Crippen LogP contribution is -2.11. The van der Waals surface area contributed by atoms with E-state index in [-0.39, 0.29) is 5.91 Å². The summed E-state index contributed by atoms with van der Waals surface area (Å²) in [6, 6.07) is 7.47. The minimum atomic E-state index is -0.192. The summed E-state index contributed by atoms with van der Waals surface area (Å²) < 4.78 is 0. The molecule has 0 aliphatic rings. The average Bonchev–Trinajstić information content (AvgIpc) is 3.05. The van der Waals surface area contributed by atoms with Gasteiger partial charge in [-0.2, -0.15) is 0 Å². The molecule has 22 heavy (non-hydrogen) atoms. The summed E-state index contributed by atoms with van der Waals surface area (Å²) in [5.74, 6) is -0.192. The second-order valence-electron chi connectivity index (χ2n) is 4.64. The van der Waals surface area contributed by atoms with E-state index in [9.17, 15) is 4.79 Å². The Balaban J connectivity index is 1.89. The van der Waals surface area contributed by atoms with Crippen LogP contribution in [0.1, 0.15) is 20.2 Å². The molecule has 0 aliphatic carbocycles. The van der Waals surface area contributed by atoms with Gasteiger partial charge in [0.1, 0.15) is 9.88 Å². The number of benzene rings is 1. The number of carbonyl (C=O) groups is 1. The lowest BCUT2D eigenvalue weighted by Gasteiger charge is -1.99. The van der Waals surface area contributed by atoms with Crippen molar-refractivity contribution in [2.45, 2.75) is 13.8 Å². The molecule has 3 rings (SSSR count). The van der Waals surface area contributed by atoms with E-state index in [1.54, 1.807) is 6.20 Å². The highest BCUT2D eigenvalue weighted by molar-refractivity contribution is 7.18. The van der Waals surface area contributed by atoms with Crippen LogP contribution in [0.3, 0.4) is 0 Å². The molecule has 0 saturated heterocycles. The van der Waals surface area contributed by atoms with Gasteiger partial charge in [0.2, 0.25) is 0 Å². The molecule has 0 saturated carbocycles. The molecule has 0 aliphatic heterocycles. The number of hydrogen-bond acceptors (Lipinski definition) is 5. The van der Waals surface area contributed by atoms with Crippen LogP contribution < -0.4 is 5.32 Å². The fourth-order valence-corrected chi connectivity index (χ4v) is 3.87. The molecule has 3 aromatic rings. The first kappa shape index (κ1) is 15.1. The molecule has 4 nitrogen and oxygen atoms in total. The maximum Gasteiger partial charge on any atom is 0.269 e. The van der Waals surface area contributed by atoms with Gasteiger partial charge in [0.05, 0.1) is 10.7 Å². The zero-order valence-corrected chi connectivity index (χ0v) is 14.3. The van der Waals surface area contributed by atoms with Crippen LogP contribution in [0.2, 0.25) is 5.02 Å². The number of aromatic nitrogens is 2. The first-order valence-corrected chi connectivity index (χ1v) is 8.52. The normalized spacial score (nSPS) is 10.7. The van der Waals surface area contributed by atoms with Crippen LogP contribution in [0.4, 0.5) is 5.13 Å². The molecule has 0 fully saturated rings. The lowest BCUT2D eigenvalue weighted by atomic mass is 10.2. The van der Waals surface area contributed by atoms with Crippen molar-refractivity contribution in [1.82, 2.24) is 9.97 Å². The van der Waals surface area contributed by atoms with Crippen LogP contribution >= 0.6 is 34.3 Å². The van der Waals surface area contributed by atoms with Crippen molar-refractivity contribution in [3.05, 3.63) is 50.9 Å². The number of anilines is 1. The molecular weight excluding hydrogens is 338 g/mol. The summed E-state index contributed by atoms with van der Waals surface area (Å²) in [6.45, 7) is 3.76. The molecule has 1 amide bonds. The molecule has 0 unspecified atom stereocenters. The van der Waals surface area contributed by atoms with Crippen molar-refractivity contribution < 1.29 is 4.79 Å². The fraction of sp³-hybridized carbons (Fsp3) is 0.133. The molecule has 7 heteroatoms. The second kappa shape index (κ2) is 6.16. The van der Waals surface area contributed by atoms with E-state index < -0.39 is 0 Å². The highest BCUT2D eigenvalue weighted by Crippen LogP contribution is 2.33. The van der Waals surface area contributed by atoms with Gasteiger partial charge < -0.3 is 0 Å². The summed E-state index contributed by atoms with van der Waals surface area (Å²) in [7, 11) is 0. The Morgan fingerprint density at radius 3 is 2.68 bits per heavy atom. The van der Waals surface area contributed by atoms with Gasteiger partial charge in [0.15, 0.2) is 5.13 Å². The summed E-state index contributed by atoms with van der Waals surface area (Å²) in [5.41, 5.74) is 1.52. The molecular formula is C15H12ClN3OS2. The van der Waals surface area contributed by atoms with Crippen LogP contribution in [0.25, 0.3) is 10.6 Å². The Bertz CT molecular complexity index is 841. The first-order chi connectivity index (χ1) is 10.5. The van der Waals surface area contributed by atoms with Crippen molar-refractivity contribution in [2.24, 2.45) is 0 Å². The molecule has 1 aromatic carbocycles. The minimum Gasteiger partial charge on any atom is -0.297 e. The number of halogens is 1. The van der Waals surface area contributed by atoms with E-state index in [1.807, 2.05) is 38.1 Å². The molecule has 0 radical (unpaired) electrons. The Hall–Kier alpha value is -1.76. The third kappa shape index (κ3) is 3.04. The third-order valence-corrected chi connectivity index (χ3v) is 5.30. The van der Waals surface area contributed by atoms with Gasteiger partial charge in [-0.3, -0.25) is 10.1 Å². The number of aryl methyl sites for hydroxylation is 2. The Morgan fingerprint density at radius 1 is 1.23 bits per heavy atom. The zero-order chi connectivity index (χ0) is 15.7. The van der Waals surface area contributed by atoms with E-state index in [1.165, 1.54) is 22.7 Å². The van der Waals surface area contributed by atoms with Crippen LogP contribution in [0.15, 0.2) is 30.5 Å². The Kier molecular flexibility index (Phi) is 4.24. The number of nitrogens with zero attached hydrogens (tertiary/aromatic N) is 2. The van der Waals surface area contributed by atoms with Crippen molar-refractivity contribution >= 4 is 45.3 Å². The predicted molar refractivity (Wildman–Crippen MR) is 92.1 cm³/mol. The van der Waals surface area contributed by atoms with Gasteiger partial charge in [0, 0.05) is 16.6 Å². The predicted octanol–water partition coefficient (Wildman–Crippen LogP) is 4.79. The van der Waals surface area contributed by atoms with Crippen LogP contribution in [0.5, 0.6) is 0 Å². The Labute approximate surface area is 140 Å². The number of hydrogen-bond donors (Lipinski definition) is 1. The largest absolute Gasteiger partial charge is 0.297 e. The molecule has 112 valence electrons. The van der Waals surface area contributed by atoms with Crippen molar-refractivity contribution in [1.29, 1.82) is 0 Å². The Morgan fingerprint density at radius 2 is 2.00 bits per heavy atom. The van der Waals surface area contributed by atoms with Crippen molar-refractivity contribution in [3.8, 4) is 10.6 Å². The smallest absolute Gasteiger partial charge is 0.269 e. The molecule has 1 N–H and O–H groups in total. The molecule has 2 aromatic heterocycles. The molecule has 0 spiro atoms. The highest BCUT2D eigenvalue weighted by Gasteiger charge is 2.18. The fourth-order valence-electron chi connectivity index (χ4n) is 1.92. The standard InChI is InChI=1S/C15H12ClN3OS2/c1-8-7-17-15(21-8)19-13(20)12-9(2)18-14(22-12)10-5-3-4-6-11(10)16/h3-7H,1-2H3,(H,17,19,20). The van der Waals surface area contributed by atoms with Gasteiger partial charge in [-0.05, 0) is 19.9 Å². The number of nitrogens with one attached hydrogen (secondary N) is 1. The third-order valence-electron chi connectivity index (χ3n) is 2.95. The number of carbonyl (C=O) groups excluding carboxylic acids is 1. The molecule has 0 atom stereocenters. The summed E-state index contributed by atoms with van der Waals surface area (Å²) in [5, 5.41) is 4.76. The lowest BCUT2D eigenvalue weighted by molar-refractivity contribution is 0.103. The topological polar surface area (TPSA) is 54.9 Å². The van der Waals surface area contributed by atoms with Crippen molar-refractivity contribution in [2.75, 3.05) is 5.32 Å². The summed E-state index contributed by atoms with van der Waals surface area (Å²) in [4.78, 5) is 22.6. The summed E-state index contributed by atoms with van der Waals surface area (Å²) >= 11 is 8.96. The van der Waals surface area contributed by atoms with E-state index in [2.05, 4.69) is 15.3 Å². The van der Waals surface area contributed by atoms with Gasteiger partial charge in [0.25, 0.3) is 5.91 Å². The van der Waals surface area contributed by atoms with E-state index in [0.717, 1.165) is 15.4 Å². The first-order valence-electron chi connectivity index (χ1n) is 6.50. The summed E-state index contributed by atoms with van der Waals surface area (Å²) in [6.07, 6.45) is 1.73. The second-order valence-corrected chi connectivity index (χ2v) is 7.28. The average molecular weight is 350 g/mol. The minimum absolute atomic E-state index is 0.192. The van der Waals surface area contributed by atoms with Gasteiger partial charge in [-0.15, -0.1) is 22.7 Å². The van der Waals surface area contributed by atoms with Crippen molar-refractivity contribution in [3.63, 3.8) is 0 Å². The zero-order valence-electron chi connectivity index (χ0n) is 11.9. The number of amides is 1. The van der Waals surface area contributed by atoms with Gasteiger partial charge in [-0.25, -0.2) is 9.97 Å². The van der Waals surface area contributed by atoms with Gasteiger partial charge >= 0.3 is 0 Å². The highest BCUT2D eigenvalue weighted by atomic mass is 35.5. The number of rotatable bonds is 3. The SMILES string of the molecule is Cc1cnc(NC(=O)c2sc(-c3ccccc3Cl)nc2C)s1. The van der Waals surface area contributed by atoms with E-state index in [4.69, 9.17) is 11.6 Å². The van der Waals surface area contributed by atoms with Crippen LogP contribution in [-0.4, -0.2) is 15.9 Å². The van der Waals surface area contributed by atoms with Crippen LogP contribution in [0, 0.1) is 13.8 Å². The molecule has 0 bridgehead atoms. The maximum atomic E-state index is 12.4.